The van der Waals surface area contributed by atoms with Crippen molar-refractivity contribution in [3.05, 3.63) is 69.6 Å². The summed E-state index contributed by atoms with van der Waals surface area (Å²) in [4.78, 5) is 28.7. The molecule has 0 bridgehead atoms. The van der Waals surface area contributed by atoms with Crippen molar-refractivity contribution in [2.24, 2.45) is 18.7 Å². The van der Waals surface area contributed by atoms with E-state index in [-0.39, 0.29) is 23.8 Å². The minimum absolute atomic E-state index is 0.0176. The van der Waals surface area contributed by atoms with Gasteiger partial charge in [-0.2, -0.15) is 0 Å². The zero-order valence-electron chi connectivity index (χ0n) is 22.2. The number of halogens is 2. The van der Waals surface area contributed by atoms with Crippen molar-refractivity contribution in [1.29, 1.82) is 0 Å². The number of hydrogen-bond donors (Lipinski definition) is 1. The third-order valence-corrected chi connectivity index (χ3v) is 6.76. The maximum Gasteiger partial charge on any atom is 0.250 e. The van der Waals surface area contributed by atoms with Crippen LogP contribution in [0.1, 0.15) is 46.0 Å². The smallest absolute Gasteiger partial charge is 0.250 e. The monoisotopic (exact) mass is 532 g/mol. The molecule has 0 atom stereocenters. The quantitative estimate of drug-likeness (QED) is 0.351. The first kappa shape index (κ1) is 30.3. The van der Waals surface area contributed by atoms with Gasteiger partial charge in [0.25, 0.3) is 5.56 Å². The molecule has 0 amide bonds. The van der Waals surface area contributed by atoms with Gasteiger partial charge < -0.3 is 19.9 Å². The van der Waals surface area contributed by atoms with Crippen molar-refractivity contribution >= 4 is 34.1 Å². The van der Waals surface area contributed by atoms with Gasteiger partial charge in [0.2, 0.25) is 0 Å². The molecule has 37 heavy (non-hydrogen) atoms. The first-order valence-electron chi connectivity index (χ1n) is 12.5. The van der Waals surface area contributed by atoms with E-state index in [9.17, 15) is 14.0 Å². The normalized spacial score (nSPS) is 14.9. The minimum atomic E-state index is -0.369. The Balaban J connectivity index is 0.000000283. The number of nitrogens with zero attached hydrogens (tertiary/aromatic N) is 3. The van der Waals surface area contributed by atoms with Gasteiger partial charge in [-0.05, 0) is 56.4 Å². The van der Waals surface area contributed by atoms with Crippen LogP contribution in [0.3, 0.4) is 0 Å². The lowest BCUT2D eigenvalue weighted by atomic mass is 9.89. The molecule has 0 saturated heterocycles. The van der Waals surface area contributed by atoms with Crippen molar-refractivity contribution in [2.45, 2.75) is 46.0 Å². The predicted molar refractivity (Wildman–Crippen MR) is 149 cm³/mol. The summed E-state index contributed by atoms with van der Waals surface area (Å²) in [6.45, 7) is 8.05. The molecule has 7 nitrogen and oxygen atoms in total. The summed E-state index contributed by atoms with van der Waals surface area (Å²) in [5.41, 5.74) is 7.83. The molecule has 2 N–H and O–H groups in total. The van der Waals surface area contributed by atoms with Gasteiger partial charge in [-0.15, -0.1) is 0 Å². The van der Waals surface area contributed by atoms with Crippen LogP contribution in [0.25, 0.3) is 11.0 Å². The van der Waals surface area contributed by atoms with E-state index in [4.69, 9.17) is 22.1 Å². The molecule has 1 aliphatic rings. The first-order valence-corrected chi connectivity index (χ1v) is 12.8. The third kappa shape index (κ3) is 8.83. The molecule has 202 valence electrons. The Morgan fingerprint density at radius 2 is 2.00 bits per heavy atom. The number of pyridine rings is 2. The average Bonchev–Trinajstić information content (AvgIpc) is 2.88. The summed E-state index contributed by atoms with van der Waals surface area (Å²) >= 11 is 5.93. The number of aromatic nitrogens is 2. The second-order valence-electron chi connectivity index (χ2n) is 9.38. The van der Waals surface area contributed by atoms with E-state index in [1.54, 1.807) is 19.2 Å². The summed E-state index contributed by atoms with van der Waals surface area (Å²) in [6.07, 6.45) is 10.6. The van der Waals surface area contributed by atoms with Gasteiger partial charge in [-0.1, -0.05) is 37.4 Å². The van der Waals surface area contributed by atoms with Crippen LogP contribution in [-0.4, -0.2) is 42.1 Å². The molecule has 0 aliphatic heterocycles. The molecular formula is C28H38ClFN4O3. The zero-order chi connectivity index (χ0) is 27.5. The lowest BCUT2D eigenvalue weighted by molar-refractivity contribution is -0.120. The first-order chi connectivity index (χ1) is 17.6. The van der Waals surface area contributed by atoms with Crippen LogP contribution in [0.2, 0.25) is 0 Å². The fourth-order valence-corrected chi connectivity index (χ4v) is 4.39. The van der Waals surface area contributed by atoms with Gasteiger partial charge in [0.1, 0.15) is 18.1 Å². The third-order valence-electron chi connectivity index (χ3n) is 6.32. The highest BCUT2D eigenvalue weighted by Crippen LogP contribution is 2.30. The maximum absolute atomic E-state index is 14.4. The highest BCUT2D eigenvalue weighted by atomic mass is 35.5. The number of nitrogens with two attached hydrogens (primary N) is 1. The summed E-state index contributed by atoms with van der Waals surface area (Å²) in [7, 11) is 3.58. The number of Topliss-reactive ketones (excluding diaryl/α,β-unsaturated/α-hetero) is 1. The Morgan fingerprint density at radius 1 is 1.32 bits per heavy atom. The molecule has 2 aromatic rings. The van der Waals surface area contributed by atoms with Gasteiger partial charge in [0.15, 0.2) is 11.6 Å². The molecule has 1 saturated carbocycles. The number of aryl methyl sites for hydroxylation is 1. The second-order valence-corrected chi connectivity index (χ2v) is 9.78. The number of allylic oxidation sites excluding steroid dienone is 3. The second kappa shape index (κ2) is 14.7. The molecule has 9 heteroatoms. The number of carbonyl (C=O) groups is 1. The van der Waals surface area contributed by atoms with Crippen molar-refractivity contribution in [1.82, 2.24) is 9.55 Å². The Hall–Kier alpha value is -2.97. The summed E-state index contributed by atoms with van der Waals surface area (Å²) in [5.74, 6) is 0.635. The van der Waals surface area contributed by atoms with Crippen LogP contribution in [-0.2, 0) is 16.6 Å². The molecule has 0 spiro atoms. The number of fused-ring (bicyclic) bond motifs is 1. The summed E-state index contributed by atoms with van der Waals surface area (Å²) in [5, 5.41) is 0.510. The summed E-state index contributed by atoms with van der Waals surface area (Å²) in [6, 6.07) is 3.13. The van der Waals surface area contributed by atoms with Crippen LogP contribution in [0.5, 0.6) is 0 Å². The Bertz CT molecular complexity index is 1220. The Morgan fingerprint density at radius 3 is 2.59 bits per heavy atom. The van der Waals surface area contributed by atoms with Crippen molar-refractivity contribution in [3.63, 3.8) is 0 Å². The van der Waals surface area contributed by atoms with Crippen molar-refractivity contribution in [2.75, 3.05) is 31.6 Å². The van der Waals surface area contributed by atoms with Gasteiger partial charge in [-0.25, -0.2) is 4.39 Å². The van der Waals surface area contributed by atoms with Crippen LogP contribution in [0.15, 0.2) is 58.2 Å². The molecular weight excluding hydrogens is 495 g/mol. The maximum atomic E-state index is 14.4. The van der Waals surface area contributed by atoms with Crippen LogP contribution in [0, 0.1) is 11.7 Å². The van der Waals surface area contributed by atoms with Gasteiger partial charge in [-0.3, -0.25) is 14.6 Å². The molecule has 1 fully saturated rings. The van der Waals surface area contributed by atoms with E-state index < -0.39 is 0 Å². The topological polar surface area (TPSA) is 90.5 Å². The van der Waals surface area contributed by atoms with Gasteiger partial charge in [0, 0.05) is 38.3 Å². The average molecular weight is 533 g/mol. The highest BCUT2D eigenvalue weighted by molar-refractivity contribution is 6.31. The molecule has 0 radical (unpaired) electrons. The highest BCUT2D eigenvalue weighted by Gasteiger charge is 2.20. The van der Waals surface area contributed by atoms with Crippen LogP contribution in [0.4, 0.5) is 10.1 Å². The number of ketones is 1. The number of carbonyl (C=O) groups excluding carboxylic acids is 1. The Kier molecular flexibility index (Phi) is 12.0. The van der Waals surface area contributed by atoms with Crippen LogP contribution < -0.4 is 16.2 Å². The lowest BCUT2D eigenvalue weighted by Gasteiger charge is -2.29. The molecule has 0 aromatic carbocycles. The van der Waals surface area contributed by atoms with Crippen molar-refractivity contribution in [3.8, 4) is 0 Å². The standard InChI is InChI=1S/C17H22FN3O.C11H16ClNO2/c1-20(11-12-6-4-3-5-7-12)16-13(18)10-19-14-8-9-15(22)21(2)17(14)16;1-4-10(15-7-9(3)14)5-11(12)8(2)6-13/h8-10,12H,3-7,11H2,1-2H3;4-5H,1,6-7,13H2,2-3H3/b;10-5+,11-8-. The molecule has 3 rings (SSSR count). The number of ether oxygens (including phenoxy) is 1. The zero-order valence-corrected chi connectivity index (χ0v) is 23.0. The minimum Gasteiger partial charge on any atom is -0.486 e. The van der Waals surface area contributed by atoms with Gasteiger partial charge >= 0.3 is 0 Å². The molecule has 0 unspecified atom stereocenters. The SMILES string of the molecule is C=C/C(=C\C(Cl)=C(/C)CN)OCC(C)=O.CN(CC1CCCCC1)c1c(F)cnc2ccc(=O)n(C)c12. The van der Waals surface area contributed by atoms with E-state index >= 15 is 0 Å². The van der Waals surface area contributed by atoms with E-state index in [2.05, 4.69) is 11.6 Å². The number of hydrogen-bond acceptors (Lipinski definition) is 6. The van der Waals surface area contributed by atoms with E-state index in [1.165, 1.54) is 61.9 Å². The van der Waals surface area contributed by atoms with Gasteiger partial charge in [0.05, 0.1) is 17.2 Å². The number of rotatable bonds is 9. The van der Waals surface area contributed by atoms with E-state index in [1.807, 2.05) is 18.9 Å². The molecule has 2 aromatic heterocycles. The van der Waals surface area contributed by atoms with E-state index in [0.29, 0.717) is 40.0 Å². The largest absolute Gasteiger partial charge is 0.486 e. The fourth-order valence-electron chi connectivity index (χ4n) is 4.21. The number of anilines is 1. The summed E-state index contributed by atoms with van der Waals surface area (Å²) < 4.78 is 21.1. The van der Waals surface area contributed by atoms with Crippen LogP contribution >= 0.6 is 11.6 Å². The van der Waals surface area contributed by atoms with Crippen molar-refractivity contribution < 1.29 is 13.9 Å². The Labute approximate surface area is 223 Å². The van der Waals surface area contributed by atoms with E-state index in [0.717, 1.165) is 12.1 Å². The fraction of sp³-hybridized carbons (Fsp3) is 0.464. The lowest BCUT2D eigenvalue weighted by Crippen LogP contribution is -2.29. The molecule has 2 heterocycles. The predicted octanol–water partition coefficient (Wildman–Crippen LogP) is 5.22. The molecule has 1 aliphatic carbocycles.